The van der Waals surface area contributed by atoms with Gasteiger partial charge in [0, 0.05) is 65.4 Å². The summed E-state index contributed by atoms with van der Waals surface area (Å²) in [6, 6.07) is 0. The average molecular weight is 424 g/mol. The van der Waals surface area contributed by atoms with Crippen LogP contribution in [0.1, 0.15) is 32.6 Å². The van der Waals surface area contributed by atoms with E-state index in [1.807, 2.05) is 6.92 Å². The monoisotopic (exact) mass is 424 g/mol. The number of aliphatic hydroxyl groups is 3. The van der Waals surface area contributed by atoms with Gasteiger partial charge >= 0.3 is 5.97 Å². The SMILES string of the molecule is [CH2-][C@@H](O)CC(O)CC.[CH2-][C@@H]1CC(O)CC(=O)O1.[Y].[Y]. The van der Waals surface area contributed by atoms with Gasteiger partial charge in [-0.2, -0.15) is 0 Å². The predicted octanol–water partition coefficient (Wildman–Crippen LogP) is 0.224. The van der Waals surface area contributed by atoms with Gasteiger partial charge in [-0.3, -0.25) is 4.79 Å². The van der Waals surface area contributed by atoms with Crippen LogP contribution in [-0.4, -0.2) is 45.7 Å². The number of hydrogen-bond acceptors (Lipinski definition) is 5. The third kappa shape index (κ3) is 15.8. The van der Waals surface area contributed by atoms with Crippen LogP contribution in [0.5, 0.6) is 0 Å². The number of rotatable bonds is 3. The van der Waals surface area contributed by atoms with Crippen LogP contribution in [0, 0.1) is 13.8 Å². The first-order valence-corrected chi connectivity index (χ1v) is 5.75. The summed E-state index contributed by atoms with van der Waals surface area (Å²) in [5.41, 5.74) is 0. The first-order valence-electron chi connectivity index (χ1n) is 5.75. The zero-order chi connectivity index (χ0) is 13.4. The number of ether oxygens (including phenoxy) is 1. The van der Waals surface area contributed by atoms with Gasteiger partial charge in [-0.15, -0.1) is 0 Å². The molecule has 0 aromatic heterocycles. The summed E-state index contributed by atoms with van der Waals surface area (Å²) >= 11 is 0. The molecule has 3 N–H and O–H groups in total. The molecule has 0 saturated carbocycles. The first kappa shape index (κ1) is 25.5. The van der Waals surface area contributed by atoms with E-state index in [4.69, 9.17) is 15.3 Å². The number of esters is 1. The van der Waals surface area contributed by atoms with Crippen molar-refractivity contribution < 1.29 is 90.3 Å². The standard InChI is InChI=1S/C6H9O3.C6H13O2.2Y/c1-4-2-5(7)3-6(8)9-4;1-3-6(8)4-5(2)7;;/h4-5,7H,1-3H2;5-8H,2-4H2,1H3;;/q2*-1;;/t4-,5?;5-,6?;;/m11../s1. The van der Waals surface area contributed by atoms with Crippen molar-refractivity contribution in [3.05, 3.63) is 13.8 Å². The Kier molecular flexibility index (Phi) is 19.5. The molecule has 19 heavy (non-hydrogen) atoms. The van der Waals surface area contributed by atoms with Crippen molar-refractivity contribution in [2.45, 2.75) is 57.0 Å². The summed E-state index contributed by atoms with van der Waals surface area (Å²) in [7, 11) is 0. The Morgan fingerprint density at radius 3 is 2.21 bits per heavy atom. The van der Waals surface area contributed by atoms with E-state index in [1.165, 1.54) is 0 Å². The van der Waals surface area contributed by atoms with Gasteiger partial charge in [-0.05, 0) is 25.4 Å². The molecular weight excluding hydrogens is 402 g/mol. The van der Waals surface area contributed by atoms with Crippen molar-refractivity contribution in [1.82, 2.24) is 0 Å². The minimum absolute atomic E-state index is 0. The molecule has 4 atom stereocenters. The molecule has 0 bridgehead atoms. The zero-order valence-corrected chi connectivity index (χ0v) is 17.0. The van der Waals surface area contributed by atoms with Crippen LogP contribution in [-0.2, 0) is 74.9 Å². The number of carbonyl (C=O) groups excluding carboxylic acids is 1. The fraction of sp³-hybridized carbons (Fsp3) is 0.750. The molecule has 0 spiro atoms. The van der Waals surface area contributed by atoms with E-state index in [0.717, 1.165) is 0 Å². The van der Waals surface area contributed by atoms with Gasteiger partial charge in [0.1, 0.15) is 0 Å². The van der Waals surface area contributed by atoms with Crippen molar-refractivity contribution in [3.8, 4) is 0 Å². The molecule has 0 aromatic rings. The summed E-state index contributed by atoms with van der Waals surface area (Å²) in [5.74, 6) is -0.353. The smallest absolute Gasteiger partial charge is 0.306 e. The normalized spacial score (nSPS) is 24.6. The third-order valence-corrected chi connectivity index (χ3v) is 2.25. The number of carbonyl (C=O) groups is 1. The summed E-state index contributed by atoms with van der Waals surface area (Å²) in [5, 5.41) is 26.3. The van der Waals surface area contributed by atoms with E-state index < -0.39 is 12.2 Å². The van der Waals surface area contributed by atoms with Crippen LogP contribution in [0.4, 0.5) is 0 Å². The maximum Gasteiger partial charge on any atom is 0.306 e. The Bertz CT molecular complexity index is 214. The van der Waals surface area contributed by atoms with E-state index in [9.17, 15) is 4.79 Å². The largest absolute Gasteiger partial charge is 0.495 e. The minimum atomic E-state index is -0.620. The molecule has 1 fully saturated rings. The van der Waals surface area contributed by atoms with Crippen LogP contribution >= 0.6 is 0 Å². The summed E-state index contributed by atoms with van der Waals surface area (Å²) in [6.07, 6.45) is -0.261. The summed E-state index contributed by atoms with van der Waals surface area (Å²) in [4.78, 5) is 10.5. The number of aliphatic hydroxyl groups excluding tert-OH is 3. The molecular formula is C12H22O5Y2-2. The molecule has 1 rings (SSSR count). The van der Waals surface area contributed by atoms with Crippen molar-refractivity contribution in [1.29, 1.82) is 0 Å². The van der Waals surface area contributed by atoms with Gasteiger partial charge in [0.05, 0.1) is 18.6 Å². The van der Waals surface area contributed by atoms with Crippen molar-refractivity contribution in [2.75, 3.05) is 0 Å². The maximum absolute atomic E-state index is 10.5. The molecule has 1 saturated heterocycles. The van der Waals surface area contributed by atoms with Gasteiger partial charge in [-0.25, -0.2) is 0 Å². The molecule has 7 heteroatoms. The Morgan fingerprint density at radius 1 is 1.42 bits per heavy atom. The quantitative estimate of drug-likeness (QED) is 0.446. The second-order valence-corrected chi connectivity index (χ2v) is 4.16. The molecule has 0 aromatic carbocycles. The molecule has 1 aliphatic heterocycles. The third-order valence-electron chi connectivity index (χ3n) is 2.25. The van der Waals surface area contributed by atoms with Gasteiger partial charge in [-0.1, -0.05) is 13.0 Å². The van der Waals surface area contributed by atoms with Gasteiger partial charge in [0.25, 0.3) is 0 Å². The van der Waals surface area contributed by atoms with Gasteiger partial charge in [0.15, 0.2) is 0 Å². The Labute approximate surface area is 165 Å². The molecule has 1 heterocycles. The van der Waals surface area contributed by atoms with Crippen molar-refractivity contribution in [3.63, 3.8) is 0 Å². The topological polar surface area (TPSA) is 87.0 Å². The van der Waals surface area contributed by atoms with Crippen LogP contribution in [0.15, 0.2) is 0 Å². The van der Waals surface area contributed by atoms with Crippen molar-refractivity contribution in [2.24, 2.45) is 0 Å². The van der Waals surface area contributed by atoms with Crippen LogP contribution in [0.2, 0.25) is 0 Å². The maximum atomic E-state index is 10.5. The van der Waals surface area contributed by atoms with Crippen molar-refractivity contribution >= 4 is 5.97 Å². The Morgan fingerprint density at radius 2 is 1.95 bits per heavy atom. The second-order valence-electron chi connectivity index (χ2n) is 4.16. The Balaban J connectivity index is -0.000000246. The second kappa shape index (κ2) is 14.5. The van der Waals surface area contributed by atoms with E-state index in [-0.39, 0.29) is 90.0 Å². The molecule has 0 amide bonds. The van der Waals surface area contributed by atoms with Gasteiger partial charge in [0.2, 0.25) is 0 Å². The summed E-state index contributed by atoms with van der Waals surface area (Å²) < 4.78 is 4.65. The summed E-state index contributed by atoms with van der Waals surface area (Å²) in [6.45, 7) is 8.69. The molecule has 2 radical (unpaired) electrons. The fourth-order valence-corrected chi connectivity index (χ4v) is 1.34. The zero-order valence-electron chi connectivity index (χ0n) is 11.4. The number of cyclic esters (lactones) is 1. The van der Waals surface area contributed by atoms with E-state index in [1.54, 1.807) is 0 Å². The molecule has 0 aliphatic carbocycles. The van der Waals surface area contributed by atoms with Gasteiger partial charge < -0.3 is 33.9 Å². The molecule has 5 nitrogen and oxygen atoms in total. The Hall–Kier alpha value is 1.56. The van der Waals surface area contributed by atoms with Crippen LogP contribution in [0.3, 0.4) is 0 Å². The first-order chi connectivity index (χ1) is 7.85. The molecule has 108 valence electrons. The number of hydrogen-bond donors (Lipinski definition) is 3. The molecule has 1 aliphatic rings. The average Bonchev–Trinajstić information content (AvgIpc) is 2.15. The molecule has 2 unspecified atom stereocenters. The fourth-order valence-electron chi connectivity index (χ4n) is 1.34. The minimum Gasteiger partial charge on any atom is -0.495 e. The van der Waals surface area contributed by atoms with Crippen LogP contribution < -0.4 is 0 Å². The van der Waals surface area contributed by atoms with Crippen LogP contribution in [0.25, 0.3) is 0 Å². The van der Waals surface area contributed by atoms with E-state index >= 15 is 0 Å². The van der Waals surface area contributed by atoms with E-state index in [2.05, 4.69) is 18.6 Å². The predicted molar refractivity (Wildman–Crippen MR) is 62.8 cm³/mol. The van der Waals surface area contributed by atoms with E-state index in [0.29, 0.717) is 19.3 Å².